The smallest absolute Gasteiger partial charge is 0.262 e. The normalized spacial score (nSPS) is 20.1. The second-order valence-corrected chi connectivity index (χ2v) is 14.2. The van der Waals surface area contributed by atoms with Gasteiger partial charge in [0, 0.05) is 37.4 Å². The van der Waals surface area contributed by atoms with Crippen LogP contribution in [0.5, 0.6) is 0 Å². The molecule has 0 spiro atoms. The summed E-state index contributed by atoms with van der Waals surface area (Å²) < 4.78 is 6.56. The van der Waals surface area contributed by atoms with Gasteiger partial charge in [0.15, 0.2) is 0 Å². The third kappa shape index (κ3) is 8.12. The molecule has 45 heavy (non-hydrogen) atoms. The lowest BCUT2D eigenvalue weighted by Crippen LogP contribution is -2.61. The zero-order valence-electron chi connectivity index (χ0n) is 26.1. The van der Waals surface area contributed by atoms with Gasteiger partial charge in [-0.2, -0.15) is 0 Å². The van der Waals surface area contributed by atoms with Gasteiger partial charge < -0.3 is 25.6 Å². The summed E-state index contributed by atoms with van der Waals surface area (Å²) in [6.45, 7) is 5.64. The number of rotatable bonds is 11. The van der Waals surface area contributed by atoms with Crippen molar-refractivity contribution in [2.45, 2.75) is 69.4 Å². The van der Waals surface area contributed by atoms with Crippen LogP contribution in [-0.4, -0.2) is 73.6 Å². The molecule has 2 aliphatic heterocycles. The minimum atomic E-state index is -1.03. The van der Waals surface area contributed by atoms with Gasteiger partial charge in [-0.25, -0.2) is 0 Å². The Kier molecular flexibility index (Phi) is 10.5. The summed E-state index contributed by atoms with van der Waals surface area (Å²) in [5.41, 5.74) is -0.0473. The fourth-order valence-corrected chi connectivity index (χ4v) is 8.11. The molecule has 3 amide bonds. The van der Waals surface area contributed by atoms with Gasteiger partial charge in [-0.15, -0.1) is 11.3 Å². The van der Waals surface area contributed by atoms with Crippen molar-refractivity contribution in [3.63, 3.8) is 0 Å². The van der Waals surface area contributed by atoms with Crippen molar-refractivity contribution in [2.24, 2.45) is 11.8 Å². The molecule has 8 nitrogen and oxygen atoms in total. The molecular weight excluding hydrogens is 584 g/mol. The Hall–Kier alpha value is -3.27. The van der Waals surface area contributed by atoms with E-state index in [4.69, 9.17) is 4.74 Å². The highest BCUT2D eigenvalue weighted by molar-refractivity contribution is 7.20. The molecule has 0 radical (unpaired) electrons. The average Bonchev–Trinajstić information content (AvgIpc) is 3.73. The number of hydrogen-bond donors (Lipinski definition) is 3. The molecule has 0 unspecified atom stereocenters. The number of likely N-dealkylation sites (tertiary alicyclic amines) is 1. The fraction of sp³-hybridized carbons (Fsp3) is 0.528. The zero-order valence-corrected chi connectivity index (χ0v) is 26.9. The highest BCUT2D eigenvalue weighted by Gasteiger charge is 2.44. The van der Waals surface area contributed by atoms with E-state index in [-0.39, 0.29) is 17.7 Å². The summed E-state index contributed by atoms with van der Waals surface area (Å²) in [4.78, 5) is 44.3. The number of nitrogens with one attached hydrogen (secondary N) is 3. The minimum Gasteiger partial charge on any atom is -0.381 e. The SMILES string of the molecule is O=C(NC1(C(=O)N[C@H](Cc2ccccc2)C(=O)NCC2CCN(CC3CCOCC3)CC2)CCCC1)c1cc2ccccc2s1. The van der Waals surface area contributed by atoms with Gasteiger partial charge in [-0.3, -0.25) is 14.4 Å². The summed E-state index contributed by atoms with van der Waals surface area (Å²) in [7, 11) is 0. The summed E-state index contributed by atoms with van der Waals surface area (Å²) >= 11 is 1.43. The van der Waals surface area contributed by atoms with Crippen LogP contribution in [0.2, 0.25) is 0 Å². The Bertz CT molecular complexity index is 1410. The first kappa shape index (κ1) is 31.7. The minimum absolute atomic E-state index is 0.166. The van der Waals surface area contributed by atoms with Gasteiger partial charge >= 0.3 is 0 Å². The van der Waals surface area contributed by atoms with Gasteiger partial charge in [0.05, 0.1) is 4.88 Å². The van der Waals surface area contributed by atoms with Gasteiger partial charge in [-0.1, -0.05) is 61.4 Å². The van der Waals surface area contributed by atoms with E-state index in [1.54, 1.807) is 0 Å². The first-order chi connectivity index (χ1) is 22.0. The van der Waals surface area contributed by atoms with Crippen LogP contribution < -0.4 is 16.0 Å². The van der Waals surface area contributed by atoms with Crippen LogP contribution in [0.1, 0.15) is 66.6 Å². The maximum absolute atomic E-state index is 14.0. The zero-order chi connectivity index (χ0) is 31.1. The van der Waals surface area contributed by atoms with Crippen molar-refractivity contribution in [2.75, 3.05) is 39.4 Å². The van der Waals surface area contributed by atoms with Gasteiger partial charge in [0.1, 0.15) is 11.6 Å². The van der Waals surface area contributed by atoms with Crippen molar-refractivity contribution >= 4 is 39.1 Å². The lowest BCUT2D eigenvalue weighted by atomic mass is 9.93. The van der Waals surface area contributed by atoms with Crippen LogP contribution in [0.4, 0.5) is 0 Å². The molecule has 0 bridgehead atoms. The Labute approximate surface area is 270 Å². The predicted octanol–water partition coefficient (Wildman–Crippen LogP) is 4.93. The molecule has 3 heterocycles. The molecule has 2 saturated heterocycles. The summed E-state index contributed by atoms with van der Waals surface area (Å²) in [5, 5.41) is 10.4. The Morgan fingerprint density at radius 1 is 0.911 bits per heavy atom. The molecule has 3 N–H and O–H groups in total. The van der Waals surface area contributed by atoms with E-state index in [9.17, 15) is 14.4 Å². The third-order valence-corrected chi connectivity index (χ3v) is 11.0. The van der Waals surface area contributed by atoms with Crippen molar-refractivity contribution in [3.05, 3.63) is 71.1 Å². The highest BCUT2D eigenvalue weighted by Crippen LogP contribution is 2.32. The first-order valence-electron chi connectivity index (χ1n) is 16.7. The van der Waals surface area contributed by atoms with Gasteiger partial charge in [0.2, 0.25) is 11.8 Å². The van der Waals surface area contributed by atoms with E-state index in [2.05, 4.69) is 20.9 Å². The standard InChI is InChI=1S/C36H46N4O4S/c41-33(37-24-27-12-18-40(19-13-27)25-28-14-20-44-21-15-28)30(22-26-8-2-1-3-9-26)38-35(43)36(16-6-7-17-36)39-34(42)32-23-29-10-4-5-11-31(29)45-32/h1-5,8-11,23,27-28,30H,6-7,12-22,24-25H2,(H,37,41)(H,38,43)(H,39,42)/t30-/m1/s1. The average molecular weight is 631 g/mol. The van der Waals surface area contributed by atoms with Crippen LogP contribution in [0, 0.1) is 11.8 Å². The second kappa shape index (κ2) is 14.9. The number of thiophene rings is 1. The van der Waals surface area contributed by atoms with Crippen LogP contribution >= 0.6 is 11.3 Å². The number of hydrogen-bond acceptors (Lipinski definition) is 6. The maximum Gasteiger partial charge on any atom is 0.262 e. The predicted molar refractivity (Wildman–Crippen MR) is 178 cm³/mol. The Balaban J connectivity index is 1.08. The van der Waals surface area contributed by atoms with Crippen molar-refractivity contribution in [1.82, 2.24) is 20.9 Å². The highest BCUT2D eigenvalue weighted by atomic mass is 32.1. The quantitative estimate of drug-likeness (QED) is 0.279. The first-order valence-corrected chi connectivity index (χ1v) is 17.5. The monoisotopic (exact) mass is 630 g/mol. The maximum atomic E-state index is 14.0. The molecule has 1 aliphatic carbocycles. The van der Waals surface area contributed by atoms with Crippen LogP contribution in [0.15, 0.2) is 60.7 Å². The van der Waals surface area contributed by atoms with E-state index in [0.717, 1.165) is 92.9 Å². The number of ether oxygens (including phenoxy) is 1. The number of piperidine rings is 1. The van der Waals surface area contributed by atoms with Crippen LogP contribution in [-0.2, 0) is 20.7 Å². The molecule has 3 aliphatic rings. The number of fused-ring (bicyclic) bond motifs is 1. The topological polar surface area (TPSA) is 99.8 Å². The summed E-state index contributed by atoms with van der Waals surface area (Å²) in [5.74, 6) is 0.484. The lowest BCUT2D eigenvalue weighted by molar-refractivity contribution is -0.132. The second-order valence-electron chi connectivity index (χ2n) is 13.2. The summed E-state index contributed by atoms with van der Waals surface area (Å²) in [6, 6.07) is 18.9. The third-order valence-electron chi connectivity index (χ3n) is 9.93. The van der Waals surface area contributed by atoms with Crippen molar-refractivity contribution in [3.8, 4) is 0 Å². The molecule has 2 aromatic carbocycles. The van der Waals surface area contributed by atoms with E-state index in [1.807, 2.05) is 60.7 Å². The molecule has 3 aromatic rings. The molecule has 3 fully saturated rings. The molecular formula is C36H46N4O4S. The Morgan fingerprint density at radius 3 is 2.36 bits per heavy atom. The number of carbonyl (C=O) groups is 3. The van der Waals surface area contributed by atoms with Crippen molar-refractivity contribution in [1.29, 1.82) is 0 Å². The lowest BCUT2D eigenvalue weighted by Gasteiger charge is -2.35. The van der Waals surface area contributed by atoms with E-state index < -0.39 is 11.6 Å². The molecule has 1 saturated carbocycles. The largest absolute Gasteiger partial charge is 0.381 e. The fourth-order valence-electron chi connectivity index (χ4n) is 7.15. The van der Waals surface area contributed by atoms with E-state index >= 15 is 0 Å². The number of benzene rings is 2. The van der Waals surface area contributed by atoms with Crippen LogP contribution in [0.25, 0.3) is 10.1 Å². The molecule has 9 heteroatoms. The van der Waals surface area contributed by atoms with Crippen LogP contribution in [0.3, 0.4) is 0 Å². The number of amides is 3. The molecule has 1 aromatic heterocycles. The van der Waals surface area contributed by atoms with E-state index in [1.165, 1.54) is 11.3 Å². The molecule has 6 rings (SSSR count). The van der Waals surface area contributed by atoms with E-state index in [0.29, 0.717) is 36.6 Å². The summed E-state index contributed by atoms with van der Waals surface area (Å²) in [6.07, 6.45) is 7.64. The van der Waals surface area contributed by atoms with Gasteiger partial charge in [0.25, 0.3) is 5.91 Å². The number of nitrogens with zero attached hydrogens (tertiary/aromatic N) is 1. The molecule has 240 valence electrons. The molecule has 1 atom stereocenters. The Morgan fingerprint density at radius 2 is 1.62 bits per heavy atom. The van der Waals surface area contributed by atoms with Gasteiger partial charge in [-0.05, 0) is 86.5 Å². The van der Waals surface area contributed by atoms with Crippen molar-refractivity contribution < 1.29 is 19.1 Å². The number of carbonyl (C=O) groups excluding carboxylic acids is 3.